The second-order valence-electron chi connectivity index (χ2n) is 7.11. The second kappa shape index (κ2) is 9.00. The molecule has 0 saturated carbocycles. The molecular weight excluding hydrogens is 386 g/mol. The molecule has 1 fully saturated rings. The number of aromatic hydroxyl groups is 1. The minimum Gasteiger partial charge on any atom is -0.508 e. The number of phenols is 1. The van der Waals surface area contributed by atoms with Crippen molar-refractivity contribution in [1.82, 2.24) is 4.90 Å². The van der Waals surface area contributed by atoms with Gasteiger partial charge in [0.2, 0.25) is 0 Å². The summed E-state index contributed by atoms with van der Waals surface area (Å²) in [6, 6.07) is 10.6. The monoisotopic (exact) mass is 411 g/mol. The molecule has 1 saturated heterocycles. The van der Waals surface area contributed by atoms with Crippen molar-refractivity contribution in [2.75, 3.05) is 27.4 Å². The zero-order valence-corrected chi connectivity index (χ0v) is 17.2. The standard InChI is InChI=1S/C23H25NO6/c1-14-13-17(30-3)9-10-18(14)21(26)19-20(15-5-7-16(25)8-6-15)24(11-4-12-29-2)23(28)22(19)27/h5-10,13,20,25-26H,4,11-12H2,1-3H3/t20-/m0/s1. The molecule has 3 rings (SSSR count). The van der Waals surface area contributed by atoms with Gasteiger partial charge < -0.3 is 24.6 Å². The van der Waals surface area contributed by atoms with E-state index >= 15 is 0 Å². The number of carbonyl (C=O) groups excluding carboxylic acids is 2. The van der Waals surface area contributed by atoms with Gasteiger partial charge in [0.25, 0.3) is 11.7 Å². The number of aryl methyl sites for hydroxylation is 1. The van der Waals surface area contributed by atoms with Gasteiger partial charge >= 0.3 is 0 Å². The van der Waals surface area contributed by atoms with E-state index in [0.717, 1.165) is 0 Å². The summed E-state index contributed by atoms with van der Waals surface area (Å²) in [5.74, 6) is -0.948. The quantitative estimate of drug-likeness (QED) is 0.314. The first-order valence-corrected chi connectivity index (χ1v) is 9.60. The Kier molecular flexibility index (Phi) is 6.42. The molecule has 1 atom stereocenters. The van der Waals surface area contributed by atoms with Crippen LogP contribution in [0.2, 0.25) is 0 Å². The largest absolute Gasteiger partial charge is 0.508 e. The van der Waals surface area contributed by atoms with Crippen molar-refractivity contribution >= 4 is 17.4 Å². The van der Waals surface area contributed by atoms with Crippen molar-refractivity contribution < 1.29 is 29.3 Å². The maximum absolute atomic E-state index is 12.9. The van der Waals surface area contributed by atoms with E-state index in [4.69, 9.17) is 9.47 Å². The summed E-state index contributed by atoms with van der Waals surface area (Å²) >= 11 is 0. The van der Waals surface area contributed by atoms with Gasteiger partial charge in [-0.25, -0.2) is 0 Å². The van der Waals surface area contributed by atoms with Crippen molar-refractivity contribution in [1.29, 1.82) is 0 Å². The molecule has 2 aromatic carbocycles. The average molecular weight is 411 g/mol. The molecule has 7 nitrogen and oxygen atoms in total. The first-order valence-electron chi connectivity index (χ1n) is 9.60. The SMILES string of the molecule is COCCCN1C(=O)C(=O)C(=C(O)c2ccc(OC)cc2C)[C@@H]1c1ccc(O)cc1. The van der Waals surface area contributed by atoms with Crippen molar-refractivity contribution in [2.24, 2.45) is 0 Å². The fourth-order valence-corrected chi connectivity index (χ4v) is 3.67. The number of amides is 1. The zero-order chi connectivity index (χ0) is 21.8. The molecule has 1 aliphatic rings. The van der Waals surface area contributed by atoms with Crippen molar-refractivity contribution in [3.05, 3.63) is 64.7 Å². The number of aliphatic hydroxyl groups excluding tert-OH is 1. The Labute approximate surface area is 175 Å². The highest BCUT2D eigenvalue weighted by Crippen LogP contribution is 2.40. The number of nitrogens with zero attached hydrogens (tertiary/aromatic N) is 1. The molecule has 1 heterocycles. The number of hydrogen-bond acceptors (Lipinski definition) is 6. The predicted octanol–water partition coefficient (Wildman–Crippen LogP) is 3.17. The van der Waals surface area contributed by atoms with Gasteiger partial charge in [0.1, 0.15) is 17.3 Å². The highest BCUT2D eigenvalue weighted by molar-refractivity contribution is 6.46. The molecule has 2 aromatic rings. The Bertz CT molecular complexity index is 980. The van der Waals surface area contributed by atoms with Gasteiger partial charge in [0.05, 0.1) is 18.7 Å². The van der Waals surface area contributed by atoms with Crippen LogP contribution in [0.15, 0.2) is 48.0 Å². The molecule has 7 heteroatoms. The van der Waals surface area contributed by atoms with Crippen LogP contribution >= 0.6 is 0 Å². The number of methoxy groups -OCH3 is 2. The summed E-state index contributed by atoms with van der Waals surface area (Å²) in [7, 11) is 3.11. The second-order valence-corrected chi connectivity index (χ2v) is 7.11. The van der Waals surface area contributed by atoms with Gasteiger partial charge in [-0.2, -0.15) is 0 Å². The lowest BCUT2D eigenvalue weighted by atomic mass is 9.94. The minimum atomic E-state index is -0.760. The lowest BCUT2D eigenvalue weighted by Gasteiger charge is -2.25. The number of rotatable bonds is 7. The maximum Gasteiger partial charge on any atom is 0.295 e. The third-order valence-electron chi connectivity index (χ3n) is 5.18. The Morgan fingerprint density at radius 2 is 1.80 bits per heavy atom. The summed E-state index contributed by atoms with van der Waals surface area (Å²) in [6.45, 7) is 2.52. The van der Waals surface area contributed by atoms with Crippen LogP contribution in [0.5, 0.6) is 11.5 Å². The fourth-order valence-electron chi connectivity index (χ4n) is 3.67. The molecule has 30 heavy (non-hydrogen) atoms. The lowest BCUT2D eigenvalue weighted by Crippen LogP contribution is -2.31. The van der Waals surface area contributed by atoms with Gasteiger partial charge in [-0.1, -0.05) is 12.1 Å². The van der Waals surface area contributed by atoms with E-state index in [9.17, 15) is 19.8 Å². The lowest BCUT2D eigenvalue weighted by molar-refractivity contribution is -0.140. The first-order chi connectivity index (χ1) is 14.4. The van der Waals surface area contributed by atoms with E-state index in [0.29, 0.717) is 42.0 Å². The van der Waals surface area contributed by atoms with Crippen LogP contribution in [0, 0.1) is 6.92 Å². The molecule has 0 aliphatic carbocycles. The number of benzene rings is 2. The molecule has 1 aliphatic heterocycles. The van der Waals surface area contributed by atoms with E-state index in [1.165, 1.54) is 17.0 Å². The van der Waals surface area contributed by atoms with Gasteiger partial charge in [-0.3, -0.25) is 9.59 Å². The summed E-state index contributed by atoms with van der Waals surface area (Å²) in [4.78, 5) is 27.2. The van der Waals surface area contributed by atoms with Crippen LogP contribution in [0.3, 0.4) is 0 Å². The molecule has 0 unspecified atom stereocenters. The van der Waals surface area contributed by atoms with Gasteiger partial charge in [-0.05, 0) is 54.8 Å². The highest BCUT2D eigenvalue weighted by atomic mass is 16.5. The average Bonchev–Trinajstić information content (AvgIpc) is 2.99. The van der Waals surface area contributed by atoms with E-state index in [1.54, 1.807) is 51.5 Å². The van der Waals surface area contributed by atoms with Crippen molar-refractivity contribution in [2.45, 2.75) is 19.4 Å². The summed E-state index contributed by atoms with van der Waals surface area (Å²) in [5.41, 5.74) is 1.81. The van der Waals surface area contributed by atoms with Crippen LogP contribution < -0.4 is 4.74 Å². The molecule has 0 aromatic heterocycles. The van der Waals surface area contributed by atoms with Crippen molar-refractivity contribution in [3.63, 3.8) is 0 Å². The van der Waals surface area contributed by atoms with Crippen LogP contribution in [0.4, 0.5) is 0 Å². The molecule has 0 radical (unpaired) electrons. The molecule has 0 spiro atoms. The van der Waals surface area contributed by atoms with E-state index in [1.807, 2.05) is 0 Å². The number of hydrogen-bond donors (Lipinski definition) is 2. The smallest absolute Gasteiger partial charge is 0.295 e. The number of ketones is 1. The van der Waals surface area contributed by atoms with Crippen LogP contribution in [-0.2, 0) is 14.3 Å². The molecule has 1 amide bonds. The van der Waals surface area contributed by atoms with Crippen LogP contribution in [-0.4, -0.2) is 54.2 Å². The highest BCUT2D eigenvalue weighted by Gasteiger charge is 2.45. The van der Waals surface area contributed by atoms with Crippen molar-refractivity contribution in [3.8, 4) is 11.5 Å². The molecule has 158 valence electrons. The summed E-state index contributed by atoms with van der Waals surface area (Å²) < 4.78 is 10.3. The number of likely N-dealkylation sites (tertiary alicyclic amines) is 1. The van der Waals surface area contributed by atoms with Gasteiger partial charge in [-0.15, -0.1) is 0 Å². The van der Waals surface area contributed by atoms with E-state index < -0.39 is 17.7 Å². The Balaban J connectivity index is 2.13. The predicted molar refractivity (Wildman–Crippen MR) is 111 cm³/mol. The summed E-state index contributed by atoms with van der Waals surface area (Å²) in [6.07, 6.45) is 0.541. The number of phenolic OH excluding ortho intramolecular Hbond substituents is 1. The van der Waals surface area contributed by atoms with Crippen LogP contribution in [0.25, 0.3) is 5.76 Å². The fraction of sp³-hybridized carbons (Fsp3) is 0.304. The maximum atomic E-state index is 12.9. The molecule has 0 bridgehead atoms. The topological polar surface area (TPSA) is 96.3 Å². The number of carbonyl (C=O) groups is 2. The number of ether oxygens (including phenoxy) is 2. The summed E-state index contributed by atoms with van der Waals surface area (Å²) in [5, 5.41) is 20.7. The molecule has 2 N–H and O–H groups in total. The Hall–Kier alpha value is -3.32. The first kappa shape index (κ1) is 21.4. The van der Waals surface area contributed by atoms with E-state index in [2.05, 4.69) is 0 Å². The van der Waals surface area contributed by atoms with Gasteiger partial charge in [0.15, 0.2) is 0 Å². The number of aliphatic hydroxyl groups is 1. The molecular formula is C23H25NO6. The Morgan fingerprint density at radius 3 is 2.40 bits per heavy atom. The van der Waals surface area contributed by atoms with Gasteiger partial charge in [0, 0.05) is 25.8 Å². The number of Topliss-reactive ketones (excluding diaryl/α,β-unsaturated/α-hetero) is 1. The normalized spacial score (nSPS) is 18.1. The minimum absolute atomic E-state index is 0.0244. The van der Waals surface area contributed by atoms with Crippen LogP contribution in [0.1, 0.15) is 29.2 Å². The third kappa shape index (κ3) is 4.02. The Morgan fingerprint density at radius 1 is 1.10 bits per heavy atom. The third-order valence-corrected chi connectivity index (χ3v) is 5.18. The zero-order valence-electron chi connectivity index (χ0n) is 17.2. The van der Waals surface area contributed by atoms with E-state index in [-0.39, 0.29) is 17.1 Å².